The maximum atomic E-state index is 9.36. The maximum absolute atomic E-state index is 9.36. The van der Waals surface area contributed by atoms with E-state index in [1.54, 1.807) is 0 Å². The fourth-order valence-corrected chi connectivity index (χ4v) is 2.51. The molecule has 3 nitrogen and oxygen atoms in total. The number of piperidine rings is 1. The molecule has 1 aliphatic heterocycles. The molecule has 3 heteroatoms. The summed E-state index contributed by atoms with van der Waals surface area (Å²) in [6.07, 6.45) is 4.01. The van der Waals surface area contributed by atoms with Crippen LogP contribution in [-0.2, 0) is 0 Å². The second-order valence-electron chi connectivity index (χ2n) is 4.69. The van der Waals surface area contributed by atoms with Gasteiger partial charge in [-0.05, 0) is 36.5 Å². The average Bonchev–Trinajstić information content (AvgIpc) is 2.39. The molecule has 1 aromatic carbocycles. The van der Waals surface area contributed by atoms with Gasteiger partial charge in [0.05, 0.1) is 5.52 Å². The topological polar surface area (TPSA) is 36.4 Å². The quantitative estimate of drug-likeness (QED) is 0.815. The van der Waals surface area contributed by atoms with Crippen LogP contribution in [0.2, 0.25) is 0 Å². The highest BCUT2D eigenvalue weighted by molar-refractivity contribution is 5.78. The Morgan fingerprint density at radius 1 is 1.18 bits per heavy atom. The molecule has 0 unspecified atom stereocenters. The summed E-state index contributed by atoms with van der Waals surface area (Å²) in [5.74, 6) is 0.538. The van der Waals surface area contributed by atoms with Crippen molar-refractivity contribution in [3.8, 4) is 0 Å². The van der Waals surface area contributed by atoms with Gasteiger partial charge in [-0.15, -0.1) is 0 Å². The monoisotopic (exact) mass is 228 g/mol. The molecule has 0 atom stereocenters. The summed E-state index contributed by atoms with van der Waals surface area (Å²) in [4.78, 5) is 4.50. The van der Waals surface area contributed by atoms with Gasteiger partial charge in [0.15, 0.2) is 0 Å². The largest absolute Gasteiger partial charge is 0.314 e. The lowest BCUT2D eigenvalue weighted by molar-refractivity contribution is -0.106. The molecule has 0 aliphatic carbocycles. The second-order valence-corrected chi connectivity index (χ2v) is 4.69. The van der Waals surface area contributed by atoms with Gasteiger partial charge < -0.3 is 5.21 Å². The van der Waals surface area contributed by atoms with Gasteiger partial charge in [0.25, 0.3) is 0 Å². The van der Waals surface area contributed by atoms with Crippen LogP contribution in [-0.4, -0.2) is 28.3 Å². The smallest absolute Gasteiger partial charge is 0.0702 e. The van der Waals surface area contributed by atoms with E-state index < -0.39 is 0 Å². The van der Waals surface area contributed by atoms with Crippen LogP contribution >= 0.6 is 0 Å². The van der Waals surface area contributed by atoms with E-state index in [2.05, 4.69) is 17.1 Å². The zero-order valence-corrected chi connectivity index (χ0v) is 9.71. The predicted octanol–water partition coefficient (Wildman–Crippen LogP) is 2.80. The summed E-state index contributed by atoms with van der Waals surface area (Å²) >= 11 is 0. The zero-order valence-electron chi connectivity index (χ0n) is 9.71. The van der Waals surface area contributed by atoms with E-state index in [0.29, 0.717) is 5.92 Å². The summed E-state index contributed by atoms with van der Waals surface area (Å²) < 4.78 is 0. The highest BCUT2D eigenvalue weighted by atomic mass is 16.5. The molecule has 1 saturated heterocycles. The Bertz CT molecular complexity index is 518. The zero-order chi connectivity index (χ0) is 11.7. The molecule has 1 aromatic heterocycles. The lowest BCUT2D eigenvalue weighted by Gasteiger charge is -2.27. The van der Waals surface area contributed by atoms with E-state index in [1.807, 2.05) is 24.4 Å². The van der Waals surface area contributed by atoms with Crippen molar-refractivity contribution in [3.05, 3.63) is 42.1 Å². The van der Waals surface area contributed by atoms with Crippen LogP contribution in [0.25, 0.3) is 10.9 Å². The first-order chi connectivity index (χ1) is 8.33. The number of nitrogens with zero attached hydrogens (tertiary/aromatic N) is 2. The van der Waals surface area contributed by atoms with Crippen molar-refractivity contribution in [2.24, 2.45) is 0 Å². The standard InChI is InChI=1S/C14H16N2O/c17-16-7-5-11(6-8-16)13-9-12-3-1-2-4-14(12)15-10-13/h1-4,9-11,17H,5-8H2. The summed E-state index contributed by atoms with van der Waals surface area (Å²) in [5.41, 5.74) is 2.35. The Hall–Kier alpha value is -1.45. The van der Waals surface area contributed by atoms with Crippen LogP contribution in [0.5, 0.6) is 0 Å². The third kappa shape index (κ3) is 2.16. The summed E-state index contributed by atoms with van der Waals surface area (Å²) in [7, 11) is 0. The summed E-state index contributed by atoms with van der Waals surface area (Å²) in [5, 5.41) is 12.0. The molecular formula is C14H16N2O. The van der Waals surface area contributed by atoms with Gasteiger partial charge in [-0.1, -0.05) is 18.2 Å². The molecular weight excluding hydrogens is 212 g/mol. The Morgan fingerprint density at radius 3 is 2.76 bits per heavy atom. The number of rotatable bonds is 1. The number of hydrogen-bond acceptors (Lipinski definition) is 3. The molecule has 0 spiro atoms. The number of fused-ring (bicyclic) bond motifs is 1. The molecule has 17 heavy (non-hydrogen) atoms. The third-order valence-electron chi connectivity index (χ3n) is 3.55. The minimum absolute atomic E-state index is 0.538. The Labute approximate surface area is 101 Å². The van der Waals surface area contributed by atoms with E-state index >= 15 is 0 Å². The van der Waals surface area contributed by atoms with E-state index in [4.69, 9.17) is 0 Å². The van der Waals surface area contributed by atoms with Gasteiger partial charge in [0, 0.05) is 24.7 Å². The fourth-order valence-electron chi connectivity index (χ4n) is 2.51. The van der Waals surface area contributed by atoms with E-state index in [1.165, 1.54) is 16.0 Å². The van der Waals surface area contributed by atoms with E-state index in [0.717, 1.165) is 31.4 Å². The van der Waals surface area contributed by atoms with Crippen molar-refractivity contribution in [2.75, 3.05) is 13.1 Å². The fraction of sp³-hybridized carbons (Fsp3) is 0.357. The van der Waals surface area contributed by atoms with Crippen molar-refractivity contribution in [1.82, 2.24) is 10.0 Å². The minimum Gasteiger partial charge on any atom is -0.314 e. The summed E-state index contributed by atoms with van der Waals surface area (Å²) in [6.45, 7) is 1.52. The van der Waals surface area contributed by atoms with Crippen LogP contribution < -0.4 is 0 Å². The van der Waals surface area contributed by atoms with Crippen LogP contribution in [0.3, 0.4) is 0 Å². The minimum atomic E-state index is 0.538. The SMILES string of the molecule is ON1CCC(c2cnc3ccccc3c2)CC1. The maximum Gasteiger partial charge on any atom is 0.0702 e. The molecule has 1 aliphatic rings. The lowest BCUT2D eigenvalue weighted by atomic mass is 9.90. The van der Waals surface area contributed by atoms with Crippen molar-refractivity contribution in [3.63, 3.8) is 0 Å². The first-order valence-corrected chi connectivity index (χ1v) is 6.11. The Morgan fingerprint density at radius 2 is 1.94 bits per heavy atom. The van der Waals surface area contributed by atoms with Gasteiger partial charge in [-0.25, -0.2) is 0 Å². The number of pyridine rings is 1. The van der Waals surface area contributed by atoms with Crippen LogP contribution in [0, 0.1) is 0 Å². The molecule has 1 fully saturated rings. The highest BCUT2D eigenvalue weighted by Crippen LogP contribution is 2.28. The number of hydroxylamine groups is 2. The average molecular weight is 228 g/mol. The van der Waals surface area contributed by atoms with Crippen molar-refractivity contribution in [2.45, 2.75) is 18.8 Å². The third-order valence-corrected chi connectivity index (χ3v) is 3.55. The molecule has 2 heterocycles. The predicted molar refractivity (Wildman–Crippen MR) is 67.1 cm³/mol. The van der Waals surface area contributed by atoms with Gasteiger partial charge in [-0.3, -0.25) is 4.98 Å². The van der Waals surface area contributed by atoms with Gasteiger partial charge in [0.2, 0.25) is 0 Å². The molecule has 0 saturated carbocycles. The Kier molecular flexibility index (Phi) is 2.79. The Balaban J connectivity index is 1.90. The number of aromatic nitrogens is 1. The number of hydrogen-bond donors (Lipinski definition) is 1. The van der Waals surface area contributed by atoms with Gasteiger partial charge in [-0.2, -0.15) is 5.06 Å². The van der Waals surface area contributed by atoms with E-state index in [-0.39, 0.29) is 0 Å². The highest BCUT2D eigenvalue weighted by Gasteiger charge is 2.19. The second kappa shape index (κ2) is 4.43. The normalized spacial score (nSPS) is 18.6. The molecule has 0 radical (unpaired) electrons. The number of para-hydroxylation sites is 1. The van der Waals surface area contributed by atoms with Crippen LogP contribution in [0.1, 0.15) is 24.3 Å². The molecule has 3 rings (SSSR count). The first kappa shape index (κ1) is 10.7. The molecule has 0 bridgehead atoms. The lowest BCUT2D eigenvalue weighted by Crippen LogP contribution is -2.29. The van der Waals surface area contributed by atoms with Crippen LogP contribution in [0.15, 0.2) is 36.5 Å². The van der Waals surface area contributed by atoms with Crippen LogP contribution in [0.4, 0.5) is 0 Å². The summed E-state index contributed by atoms with van der Waals surface area (Å²) in [6, 6.07) is 10.4. The molecule has 1 N–H and O–H groups in total. The molecule has 0 amide bonds. The first-order valence-electron chi connectivity index (χ1n) is 6.11. The van der Waals surface area contributed by atoms with Gasteiger partial charge >= 0.3 is 0 Å². The van der Waals surface area contributed by atoms with Gasteiger partial charge in [0.1, 0.15) is 0 Å². The molecule has 2 aromatic rings. The molecule has 88 valence electrons. The van der Waals surface area contributed by atoms with Crippen molar-refractivity contribution < 1.29 is 5.21 Å². The number of benzene rings is 1. The van der Waals surface area contributed by atoms with E-state index in [9.17, 15) is 5.21 Å². The van der Waals surface area contributed by atoms with Crippen molar-refractivity contribution >= 4 is 10.9 Å². The van der Waals surface area contributed by atoms with Crippen molar-refractivity contribution in [1.29, 1.82) is 0 Å².